The van der Waals surface area contributed by atoms with Gasteiger partial charge in [0.2, 0.25) is 0 Å². The monoisotopic (exact) mass is 419 g/mol. The fourth-order valence-electron chi connectivity index (χ4n) is 3.64. The first kappa shape index (κ1) is 19.6. The number of rotatable bonds is 6. The predicted octanol–water partition coefficient (Wildman–Crippen LogP) is 4.47. The van der Waals surface area contributed by atoms with Crippen molar-refractivity contribution in [2.45, 2.75) is 13.1 Å². The highest BCUT2D eigenvalue weighted by atomic mass is 16.1. The number of hydrogen-bond donors (Lipinski definition) is 1. The Labute approximate surface area is 185 Å². The number of fused-ring (bicyclic) bond motifs is 1. The van der Waals surface area contributed by atoms with Crippen LogP contribution in [0.2, 0.25) is 0 Å². The molecule has 3 aromatic heterocycles. The van der Waals surface area contributed by atoms with Crippen molar-refractivity contribution < 1.29 is 4.79 Å². The molecule has 0 aliphatic heterocycles. The largest absolute Gasteiger partial charge is 0.348 e. The maximum Gasteiger partial charge on any atom is 0.252 e. The molecule has 0 radical (unpaired) electrons. The second-order valence-corrected chi connectivity index (χ2v) is 7.48. The molecule has 0 aliphatic rings. The third-order valence-electron chi connectivity index (χ3n) is 5.30. The summed E-state index contributed by atoms with van der Waals surface area (Å²) >= 11 is 0. The first-order valence-electron chi connectivity index (χ1n) is 10.4. The van der Waals surface area contributed by atoms with Crippen LogP contribution in [-0.2, 0) is 13.1 Å². The molecular formula is C26H21N5O. The summed E-state index contributed by atoms with van der Waals surface area (Å²) in [7, 11) is 0. The van der Waals surface area contributed by atoms with Crippen LogP contribution in [0.15, 0.2) is 97.5 Å². The van der Waals surface area contributed by atoms with Gasteiger partial charge >= 0.3 is 0 Å². The smallest absolute Gasteiger partial charge is 0.252 e. The van der Waals surface area contributed by atoms with E-state index in [4.69, 9.17) is 4.98 Å². The summed E-state index contributed by atoms with van der Waals surface area (Å²) in [5.74, 6) is -0.161. The summed E-state index contributed by atoms with van der Waals surface area (Å²) in [4.78, 5) is 22.1. The normalized spacial score (nSPS) is 10.9. The van der Waals surface area contributed by atoms with Gasteiger partial charge in [-0.1, -0.05) is 60.7 Å². The molecule has 0 saturated heterocycles. The molecule has 0 unspecified atom stereocenters. The Bertz CT molecular complexity index is 1350. The fraction of sp³-hybridized carbons (Fsp3) is 0.0769. The molecule has 5 aromatic rings. The minimum absolute atomic E-state index is 0.161. The molecule has 6 nitrogen and oxygen atoms in total. The molecule has 6 heteroatoms. The number of aromatic nitrogens is 4. The molecule has 3 heterocycles. The Balaban J connectivity index is 1.55. The first-order valence-corrected chi connectivity index (χ1v) is 10.4. The molecule has 156 valence electrons. The molecule has 0 atom stereocenters. The number of nitrogens with one attached hydrogen (secondary N) is 1. The van der Waals surface area contributed by atoms with E-state index >= 15 is 0 Å². The SMILES string of the molecule is O=C(NCc1ccncc1)c1cc(-c2ccccc2)nc2c1cnn2Cc1ccccc1. The van der Waals surface area contributed by atoms with Crippen LogP contribution in [0.3, 0.4) is 0 Å². The van der Waals surface area contributed by atoms with Gasteiger partial charge in [-0.25, -0.2) is 9.67 Å². The molecule has 0 aliphatic carbocycles. The van der Waals surface area contributed by atoms with E-state index in [1.807, 2.05) is 71.4 Å². The second kappa shape index (κ2) is 8.81. The molecular weight excluding hydrogens is 398 g/mol. The molecule has 5 rings (SSSR count). The van der Waals surface area contributed by atoms with Crippen LogP contribution in [0.4, 0.5) is 0 Å². The van der Waals surface area contributed by atoms with Crippen LogP contribution in [0.5, 0.6) is 0 Å². The molecule has 0 bridgehead atoms. The molecule has 1 N–H and O–H groups in total. The average molecular weight is 419 g/mol. The summed E-state index contributed by atoms with van der Waals surface area (Å²) in [5.41, 5.74) is 5.04. The third-order valence-corrected chi connectivity index (χ3v) is 5.30. The number of carbonyl (C=O) groups is 1. The number of carbonyl (C=O) groups excluding carboxylic acids is 1. The summed E-state index contributed by atoms with van der Waals surface area (Å²) in [5, 5.41) is 8.30. The van der Waals surface area contributed by atoms with Gasteiger partial charge in [-0.15, -0.1) is 0 Å². The number of nitrogens with zero attached hydrogens (tertiary/aromatic N) is 4. The standard InChI is InChI=1S/C26H21N5O/c32-26(28-16-19-11-13-27-14-12-19)22-15-24(21-9-5-2-6-10-21)30-25-23(22)17-29-31(25)18-20-7-3-1-4-8-20/h1-15,17H,16,18H2,(H,28,32). The Hall–Kier alpha value is -4.32. The highest BCUT2D eigenvalue weighted by Gasteiger charge is 2.17. The van der Waals surface area contributed by atoms with Crippen molar-refractivity contribution in [3.63, 3.8) is 0 Å². The number of benzene rings is 2. The fourth-order valence-corrected chi connectivity index (χ4v) is 3.64. The predicted molar refractivity (Wildman–Crippen MR) is 124 cm³/mol. The lowest BCUT2D eigenvalue weighted by atomic mass is 10.1. The highest BCUT2D eigenvalue weighted by molar-refractivity contribution is 6.06. The lowest BCUT2D eigenvalue weighted by molar-refractivity contribution is 0.0952. The van der Waals surface area contributed by atoms with Gasteiger partial charge in [-0.05, 0) is 29.3 Å². The van der Waals surface area contributed by atoms with E-state index in [1.165, 1.54) is 0 Å². The maximum absolute atomic E-state index is 13.2. The molecule has 0 saturated carbocycles. The van der Waals surface area contributed by atoms with Crippen molar-refractivity contribution >= 4 is 16.9 Å². The van der Waals surface area contributed by atoms with Crippen LogP contribution in [0.25, 0.3) is 22.3 Å². The van der Waals surface area contributed by atoms with E-state index in [2.05, 4.69) is 27.5 Å². The average Bonchev–Trinajstić information content (AvgIpc) is 3.26. The van der Waals surface area contributed by atoms with Crippen molar-refractivity contribution in [2.75, 3.05) is 0 Å². The number of amides is 1. The van der Waals surface area contributed by atoms with Gasteiger partial charge in [0.15, 0.2) is 5.65 Å². The minimum Gasteiger partial charge on any atom is -0.348 e. The van der Waals surface area contributed by atoms with Crippen molar-refractivity contribution in [1.29, 1.82) is 0 Å². The van der Waals surface area contributed by atoms with Crippen LogP contribution in [0, 0.1) is 0 Å². The van der Waals surface area contributed by atoms with Crippen LogP contribution < -0.4 is 5.32 Å². The van der Waals surface area contributed by atoms with E-state index in [0.717, 1.165) is 27.8 Å². The zero-order chi connectivity index (χ0) is 21.8. The van der Waals surface area contributed by atoms with E-state index in [1.54, 1.807) is 18.6 Å². The van der Waals surface area contributed by atoms with Crippen molar-refractivity contribution in [3.8, 4) is 11.3 Å². The summed E-state index contributed by atoms with van der Waals surface area (Å²) in [6.45, 7) is 0.998. The number of hydrogen-bond acceptors (Lipinski definition) is 4. The van der Waals surface area contributed by atoms with Gasteiger partial charge in [0, 0.05) is 24.5 Å². The lowest BCUT2D eigenvalue weighted by Crippen LogP contribution is -2.23. The van der Waals surface area contributed by atoms with Crippen molar-refractivity contribution in [3.05, 3.63) is 114 Å². The van der Waals surface area contributed by atoms with E-state index in [0.29, 0.717) is 24.3 Å². The Morgan fingerprint density at radius 2 is 1.59 bits per heavy atom. The Morgan fingerprint density at radius 1 is 0.875 bits per heavy atom. The molecule has 2 aromatic carbocycles. The minimum atomic E-state index is -0.161. The third kappa shape index (κ3) is 4.11. The Morgan fingerprint density at radius 3 is 2.34 bits per heavy atom. The van der Waals surface area contributed by atoms with Crippen LogP contribution in [0.1, 0.15) is 21.5 Å². The highest BCUT2D eigenvalue weighted by Crippen LogP contribution is 2.25. The van der Waals surface area contributed by atoms with Gasteiger partial charge in [-0.2, -0.15) is 5.10 Å². The van der Waals surface area contributed by atoms with Gasteiger partial charge in [0.1, 0.15) is 0 Å². The van der Waals surface area contributed by atoms with Crippen LogP contribution >= 0.6 is 0 Å². The second-order valence-electron chi connectivity index (χ2n) is 7.48. The van der Waals surface area contributed by atoms with Crippen molar-refractivity contribution in [1.82, 2.24) is 25.1 Å². The zero-order valence-corrected chi connectivity index (χ0v) is 17.3. The molecule has 32 heavy (non-hydrogen) atoms. The molecule has 0 spiro atoms. The van der Waals surface area contributed by atoms with E-state index in [-0.39, 0.29) is 5.91 Å². The Kier molecular flexibility index (Phi) is 5.41. The molecule has 0 fully saturated rings. The summed E-state index contributed by atoms with van der Waals surface area (Å²) in [6.07, 6.45) is 5.15. The van der Waals surface area contributed by atoms with Crippen molar-refractivity contribution in [2.24, 2.45) is 0 Å². The van der Waals surface area contributed by atoms with Gasteiger partial charge < -0.3 is 5.32 Å². The lowest BCUT2D eigenvalue weighted by Gasteiger charge is -2.10. The van der Waals surface area contributed by atoms with Gasteiger partial charge in [0.05, 0.1) is 29.4 Å². The first-order chi connectivity index (χ1) is 15.8. The zero-order valence-electron chi connectivity index (χ0n) is 17.3. The topological polar surface area (TPSA) is 72.7 Å². The van der Waals surface area contributed by atoms with Gasteiger partial charge in [0.25, 0.3) is 5.91 Å². The summed E-state index contributed by atoms with van der Waals surface area (Å²) in [6, 6.07) is 25.6. The number of pyridine rings is 2. The molecule has 1 amide bonds. The maximum atomic E-state index is 13.2. The quantitative estimate of drug-likeness (QED) is 0.441. The summed E-state index contributed by atoms with van der Waals surface area (Å²) < 4.78 is 1.84. The van der Waals surface area contributed by atoms with Crippen LogP contribution in [-0.4, -0.2) is 25.7 Å². The van der Waals surface area contributed by atoms with E-state index < -0.39 is 0 Å². The van der Waals surface area contributed by atoms with E-state index in [9.17, 15) is 4.79 Å². The van der Waals surface area contributed by atoms with Gasteiger partial charge in [-0.3, -0.25) is 9.78 Å².